The summed E-state index contributed by atoms with van der Waals surface area (Å²) in [5.74, 6) is -0.682. The van der Waals surface area contributed by atoms with E-state index in [0.717, 1.165) is 24.8 Å². The SMILES string of the molecule is CNC(=O)c1ccc(CN2C[C@H]3CN(C(=O)C4CCC4)C[C@@]3(C(=O)O)C2)cc1. The molecule has 2 saturated heterocycles. The fourth-order valence-electron chi connectivity index (χ4n) is 4.84. The predicted octanol–water partition coefficient (Wildman–Crippen LogP) is 1.19. The van der Waals surface area contributed by atoms with Crippen LogP contribution in [-0.4, -0.2) is 65.9 Å². The van der Waals surface area contributed by atoms with Gasteiger partial charge in [0.25, 0.3) is 5.91 Å². The first-order chi connectivity index (χ1) is 13.4. The van der Waals surface area contributed by atoms with E-state index in [9.17, 15) is 19.5 Å². The summed E-state index contributed by atoms with van der Waals surface area (Å²) in [4.78, 5) is 40.4. The minimum Gasteiger partial charge on any atom is -0.481 e. The molecule has 3 aliphatic rings. The highest BCUT2D eigenvalue weighted by Gasteiger charge is 2.58. The Labute approximate surface area is 164 Å². The van der Waals surface area contributed by atoms with Crippen LogP contribution in [0.1, 0.15) is 35.2 Å². The smallest absolute Gasteiger partial charge is 0.313 e. The average Bonchev–Trinajstić information content (AvgIpc) is 3.15. The first-order valence-corrected chi connectivity index (χ1v) is 9.98. The largest absolute Gasteiger partial charge is 0.481 e. The lowest BCUT2D eigenvalue weighted by Gasteiger charge is -2.31. The molecule has 1 aliphatic carbocycles. The molecular weight excluding hydrogens is 358 g/mol. The number of nitrogens with one attached hydrogen (secondary N) is 1. The van der Waals surface area contributed by atoms with Crippen molar-refractivity contribution in [3.8, 4) is 0 Å². The number of carbonyl (C=O) groups excluding carboxylic acids is 2. The van der Waals surface area contributed by atoms with Crippen molar-refractivity contribution in [3.05, 3.63) is 35.4 Å². The molecule has 0 unspecified atom stereocenters. The third kappa shape index (κ3) is 3.17. The Morgan fingerprint density at radius 3 is 2.39 bits per heavy atom. The lowest BCUT2D eigenvalue weighted by Crippen LogP contribution is -2.44. The monoisotopic (exact) mass is 385 g/mol. The molecule has 1 saturated carbocycles. The van der Waals surface area contributed by atoms with Crippen molar-refractivity contribution >= 4 is 17.8 Å². The molecule has 2 N–H and O–H groups in total. The molecular formula is C21H27N3O4. The van der Waals surface area contributed by atoms with Gasteiger partial charge in [-0.3, -0.25) is 19.3 Å². The number of nitrogens with zero attached hydrogens (tertiary/aromatic N) is 2. The summed E-state index contributed by atoms with van der Waals surface area (Å²) >= 11 is 0. The number of benzene rings is 1. The summed E-state index contributed by atoms with van der Waals surface area (Å²) in [7, 11) is 1.60. The van der Waals surface area contributed by atoms with Crippen LogP contribution in [0, 0.1) is 17.3 Å². The number of rotatable bonds is 5. The van der Waals surface area contributed by atoms with Crippen molar-refractivity contribution in [2.24, 2.45) is 17.3 Å². The van der Waals surface area contributed by atoms with Crippen LogP contribution in [0.4, 0.5) is 0 Å². The van der Waals surface area contributed by atoms with Crippen LogP contribution >= 0.6 is 0 Å². The Balaban J connectivity index is 1.42. The van der Waals surface area contributed by atoms with E-state index in [1.165, 1.54) is 0 Å². The van der Waals surface area contributed by atoms with E-state index in [1.54, 1.807) is 24.1 Å². The molecule has 0 radical (unpaired) electrons. The first-order valence-electron chi connectivity index (χ1n) is 9.98. The summed E-state index contributed by atoms with van der Waals surface area (Å²) < 4.78 is 0. The van der Waals surface area contributed by atoms with Crippen LogP contribution in [0.15, 0.2) is 24.3 Å². The molecule has 0 spiro atoms. The van der Waals surface area contributed by atoms with Crippen LogP contribution in [0.5, 0.6) is 0 Å². The van der Waals surface area contributed by atoms with E-state index >= 15 is 0 Å². The van der Waals surface area contributed by atoms with E-state index in [2.05, 4.69) is 10.2 Å². The van der Waals surface area contributed by atoms with Crippen LogP contribution in [-0.2, 0) is 16.1 Å². The highest BCUT2D eigenvalue weighted by molar-refractivity contribution is 5.93. The van der Waals surface area contributed by atoms with Gasteiger partial charge in [-0.1, -0.05) is 18.6 Å². The number of carboxylic acid groups (broad SMARTS) is 1. The average molecular weight is 385 g/mol. The summed E-state index contributed by atoms with van der Waals surface area (Å²) in [5.41, 5.74) is 0.800. The molecule has 2 atom stereocenters. The molecule has 7 nitrogen and oxygen atoms in total. The zero-order valence-corrected chi connectivity index (χ0v) is 16.2. The van der Waals surface area contributed by atoms with Gasteiger partial charge in [0.1, 0.15) is 5.41 Å². The normalized spacial score (nSPS) is 27.3. The second kappa shape index (κ2) is 7.20. The Hall–Kier alpha value is -2.41. The molecule has 3 fully saturated rings. The van der Waals surface area contributed by atoms with E-state index in [-0.39, 0.29) is 23.7 Å². The Morgan fingerprint density at radius 2 is 1.86 bits per heavy atom. The maximum absolute atomic E-state index is 12.6. The number of carboxylic acids is 1. The van der Waals surface area contributed by atoms with Gasteiger partial charge < -0.3 is 15.3 Å². The van der Waals surface area contributed by atoms with Crippen molar-refractivity contribution in [2.75, 3.05) is 33.2 Å². The second-order valence-electron chi connectivity index (χ2n) is 8.45. The molecule has 2 amide bonds. The third-order valence-electron chi connectivity index (χ3n) is 6.72. The number of amides is 2. The quantitative estimate of drug-likeness (QED) is 0.795. The van der Waals surface area contributed by atoms with E-state index in [1.807, 2.05) is 12.1 Å². The van der Waals surface area contributed by atoms with Crippen LogP contribution in [0.3, 0.4) is 0 Å². The maximum Gasteiger partial charge on any atom is 0.313 e. The van der Waals surface area contributed by atoms with Gasteiger partial charge in [-0.05, 0) is 30.5 Å². The second-order valence-corrected chi connectivity index (χ2v) is 8.45. The van der Waals surface area contributed by atoms with E-state index in [4.69, 9.17) is 0 Å². The lowest BCUT2D eigenvalue weighted by atomic mass is 9.81. The first kappa shape index (κ1) is 18.9. The van der Waals surface area contributed by atoms with Crippen LogP contribution in [0.25, 0.3) is 0 Å². The third-order valence-corrected chi connectivity index (χ3v) is 6.72. The molecule has 4 rings (SSSR count). The number of hydrogen-bond donors (Lipinski definition) is 2. The fraction of sp³-hybridized carbons (Fsp3) is 0.571. The fourth-order valence-corrected chi connectivity index (χ4v) is 4.84. The van der Waals surface area contributed by atoms with Crippen molar-refractivity contribution in [1.82, 2.24) is 15.1 Å². The van der Waals surface area contributed by atoms with Crippen molar-refractivity contribution in [2.45, 2.75) is 25.8 Å². The van der Waals surface area contributed by atoms with Gasteiger partial charge in [0.15, 0.2) is 0 Å². The number of aliphatic carboxylic acids is 1. The number of likely N-dealkylation sites (tertiary alicyclic amines) is 2. The molecule has 0 bridgehead atoms. The Bertz CT molecular complexity index is 789. The van der Waals surface area contributed by atoms with Crippen LogP contribution < -0.4 is 5.32 Å². The number of hydrogen-bond acceptors (Lipinski definition) is 4. The molecule has 2 aliphatic heterocycles. The van der Waals surface area contributed by atoms with Gasteiger partial charge in [0, 0.05) is 57.2 Å². The van der Waals surface area contributed by atoms with E-state index in [0.29, 0.717) is 38.3 Å². The van der Waals surface area contributed by atoms with Gasteiger partial charge in [-0.2, -0.15) is 0 Å². The highest BCUT2D eigenvalue weighted by atomic mass is 16.4. The minimum atomic E-state index is -0.860. The number of fused-ring (bicyclic) bond motifs is 1. The molecule has 2 heterocycles. The molecule has 7 heteroatoms. The maximum atomic E-state index is 12.6. The standard InChI is InChI=1S/C21H27N3O4/c1-22-18(25)15-7-5-14(6-8-15)9-23-10-17-11-24(19(26)16-3-2-4-16)13-21(17,12-23)20(27)28/h5-8,16-17H,2-4,9-13H2,1H3,(H,22,25)(H,27,28)/t17-,21-/m0/s1. The summed E-state index contributed by atoms with van der Waals surface area (Å²) in [5, 5.41) is 12.6. The summed E-state index contributed by atoms with van der Waals surface area (Å²) in [6.07, 6.45) is 2.99. The van der Waals surface area contributed by atoms with Crippen LogP contribution in [0.2, 0.25) is 0 Å². The van der Waals surface area contributed by atoms with Gasteiger partial charge in [0.2, 0.25) is 5.91 Å². The molecule has 0 aromatic heterocycles. The molecule has 28 heavy (non-hydrogen) atoms. The minimum absolute atomic E-state index is 0.0285. The van der Waals surface area contributed by atoms with Crippen molar-refractivity contribution in [1.29, 1.82) is 0 Å². The van der Waals surface area contributed by atoms with Gasteiger partial charge in [-0.15, -0.1) is 0 Å². The summed E-state index contributed by atoms with van der Waals surface area (Å²) in [6.45, 7) is 2.66. The van der Waals surface area contributed by atoms with Crippen molar-refractivity contribution < 1.29 is 19.5 Å². The predicted molar refractivity (Wildman–Crippen MR) is 103 cm³/mol. The highest BCUT2D eigenvalue weighted by Crippen LogP contribution is 2.44. The summed E-state index contributed by atoms with van der Waals surface area (Å²) in [6, 6.07) is 7.41. The van der Waals surface area contributed by atoms with Gasteiger partial charge in [0.05, 0.1) is 0 Å². The molecule has 1 aromatic rings. The zero-order valence-electron chi connectivity index (χ0n) is 16.2. The number of carbonyl (C=O) groups is 3. The zero-order chi connectivity index (χ0) is 19.9. The van der Waals surface area contributed by atoms with Crippen molar-refractivity contribution in [3.63, 3.8) is 0 Å². The molecule has 1 aromatic carbocycles. The topological polar surface area (TPSA) is 90.0 Å². The Kier molecular flexibility index (Phi) is 4.87. The van der Waals surface area contributed by atoms with Gasteiger partial charge >= 0.3 is 5.97 Å². The lowest BCUT2D eigenvalue weighted by molar-refractivity contribution is -0.149. The molecule has 150 valence electrons. The Morgan fingerprint density at radius 1 is 1.14 bits per heavy atom. The van der Waals surface area contributed by atoms with E-state index < -0.39 is 11.4 Å². The van der Waals surface area contributed by atoms with Gasteiger partial charge in [-0.25, -0.2) is 0 Å².